The zero-order valence-corrected chi connectivity index (χ0v) is 14.9. The first kappa shape index (κ1) is 18.6. The number of ketones is 1. The fourth-order valence-corrected chi connectivity index (χ4v) is 3.10. The second kappa shape index (κ2) is 9.58. The zero-order valence-electron chi connectivity index (χ0n) is 14.9. The lowest BCUT2D eigenvalue weighted by Gasteiger charge is -2.33. The lowest BCUT2D eigenvalue weighted by atomic mass is 9.89. The molecule has 1 heterocycles. The quantitative estimate of drug-likeness (QED) is 0.652. The zero-order chi connectivity index (χ0) is 15.8. The van der Waals surface area contributed by atoms with E-state index < -0.39 is 0 Å². The van der Waals surface area contributed by atoms with Crippen LogP contribution in [0, 0.1) is 17.8 Å². The Labute approximate surface area is 132 Å². The average Bonchev–Trinajstić information content (AvgIpc) is 2.44. The summed E-state index contributed by atoms with van der Waals surface area (Å²) >= 11 is 0. The van der Waals surface area contributed by atoms with Gasteiger partial charge in [-0.1, -0.05) is 20.8 Å². The Kier molecular flexibility index (Phi) is 8.50. The Morgan fingerprint density at radius 3 is 2.33 bits per heavy atom. The van der Waals surface area contributed by atoms with E-state index in [-0.39, 0.29) is 5.92 Å². The molecular weight excluding hydrogens is 260 g/mol. The van der Waals surface area contributed by atoms with E-state index in [1.165, 1.54) is 45.4 Å². The minimum Gasteiger partial charge on any atom is -0.309 e. The number of piperidine rings is 1. The molecular formula is C18H36N2O. The number of Topliss-reactive ketones (excluding diaryl/α,β-unsaturated/α-hetero) is 1. The van der Waals surface area contributed by atoms with E-state index in [2.05, 4.69) is 30.8 Å². The first-order valence-corrected chi connectivity index (χ1v) is 8.78. The molecule has 0 aromatic rings. The first-order chi connectivity index (χ1) is 9.88. The molecule has 0 bridgehead atoms. The van der Waals surface area contributed by atoms with Crippen LogP contribution >= 0.6 is 0 Å². The van der Waals surface area contributed by atoms with E-state index in [1.807, 2.05) is 13.8 Å². The largest absolute Gasteiger partial charge is 0.309 e. The number of likely N-dealkylation sites (tertiary alicyclic amines) is 1. The third-order valence-electron chi connectivity index (χ3n) is 4.79. The van der Waals surface area contributed by atoms with Crippen LogP contribution < -0.4 is 0 Å². The van der Waals surface area contributed by atoms with Crippen LogP contribution in [0.2, 0.25) is 0 Å². The van der Waals surface area contributed by atoms with Crippen molar-refractivity contribution in [3.63, 3.8) is 0 Å². The van der Waals surface area contributed by atoms with Gasteiger partial charge in [-0.05, 0) is 71.2 Å². The Hall–Kier alpha value is -0.410. The second-order valence-electron chi connectivity index (χ2n) is 7.60. The molecule has 21 heavy (non-hydrogen) atoms. The Bertz CT molecular complexity index is 294. The summed E-state index contributed by atoms with van der Waals surface area (Å²) in [5.41, 5.74) is 0. The number of carbonyl (C=O) groups excluding carboxylic acids is 1. The first-order valence-electron chi connectivity index (χ1n) is 8.78. The summed E-state index contributed by atoms with van der Waals surface area (Å²) < 4.78 is 0. The van der Waals surface area contributed by atoms with Crippen molar-refractivity contribution in [2.24, 2.45) is 17.8 Å². The maximum absolute atomic E-state index is 11.7. The van der Waals surface area contributed by atoms with Crippen LogP contribution in [0.4, 0.5) is 0 Å². The van der Waals surface area contributed by atoms with E-state index >= 15 is 0 Å². The molecule has 1 unspecified atom stereocenters. The van der Waals surface area contributed by atoms with Crippen LogP contribution in [-0.4, -0.2) is 55.9 Å². The summed E-state index contributed by atoms with van der Waals surface area (Å²) in [5, 5.41) is 0. The molecule has 0 aromatic carbocycles. The standard InChI is InChI=1S/C18H36N2O/c1-15(2)18(21)7-6-17-9-12-20(13-10-17)14-16(3)8-11-19(4)5/h15-17H,6-14H2,1-5H3. The van der Waals surface area contributed by atoms with Crippen molar-refractivity contribution >= 4 is 5.78 Å². The molecule has 0 aliphatic carbocycles. The molecule has 0 N–H and O–H groups in total. The van der Waals surface area contributed by atoms with E-state index in [1.54, 1.807) is 0 Å². The van der Waals surface area contributed by atoms with Crippen molar-refractivity contribution < 1.29 is 4.79 Å². The average molecular weight is 296 g/mol. The van der Waals surface area contributed by atoms with E-state index in [4.69, 9.17) is 0 Å². The van der Waals surface area contributed by atoms with Crippen LogP contribution in [0.1, 0.15) is 52.9 Å². The van der Waals surface area contributed by atoms with Crippen molar-refractivity contribution in [2.75, 3.05) is 40.3 Å². The molecule has 0 saturated carbocycles. The van der Waals surface area contributed by atoms with Crippen molar-refractivity contribution in [2.45, 2.75) is 52.9 Å². The Balaban J connectivity index is 2.15. The highest BCUT2D eigenvalue weighted by Crippen LogP contribution is 2.23. The van der Waals surface area contributed by atoms with Gasteiger partial charge in [0.15, 0.2) is 0 Å². The van der Waals surface area contributed by atoms with Gasteiger partial charge in [0.25, 0.3) is 0 Å². The third-order valence-corrected chi connectivity index (χ3v) is 4.79. The summed E-state index contributed by atoms with van der Waals surface area (Å²) in [4.78, 5) is 16.6. The molecule has 1 rings (SSSR count). The molecule has 1 atom stereocenters. The molecule has 1 aliphatic rings. The van der Waals surface area contributed by atoms with Crippen LogP contribution in [0.3, 0.4) is 0 Å². The highest BCUT2D eigenvalue weighted by molar-refractivity contribution is 5.80. The van der Waals surface area contributed by atoms with E-state index in [0.717, 1.165) is 24.7 Å². The smallest absolute Gasteiger partial charge is 0.135 e. The maximum Gasteiger partial charge on any atom is 0.135 e. The van der Waals surface area contributed by atoms with Gasteiger partial charge < -0.3 is 9.80 Å². The fourth-order valence-electron chi connectivity index (χ4n) is 3.10. The summed E-state index contributed by atoms with van der Waals surface area (Å²) in [6.07, 6.45) is 5.76. The Morgan fingerprint density at radius 2 is 1.81 bits per heavy atom. The number of nitrogens with zero attached hydrogens (tertiary/aromatic N) is 2. The normalized spacial score (nSPS) is 19.4. The fraction of sp³-hybridized carbons (Fsp3) is 0.944. The highest BCUT2D eigenvalue weighted by atomic mass is 16.1. The van der Waals surface area contributed by atoms with Crippen molar-refractivity contribution in [1.29, 1.82) is 0 Å². The molecule has 0 spiro atoms. The van der Waals surface area contributed by atoms with Gasteiger partial charge in [-0.15, -0.1) is 0 Å². The number of carbonyl (C=O) groups is 1. The molecule has 0 aromatic heterocycles. The highest BCUT2D eigenvalue weighted by Gasteiger charge is 2.21. The SMILES string of the molecule is CC(CCN(C)C)CN1CCC(CCC(=O)C(C)C)CC1. The third kappa shape index (κ3) is 7.96. The molecule has 1 aliphatic heterocycles. The molecule has 1 saturated heterocycles. The number of hydrogen-bond donors (Lipinski definition) is 0. The van der Waals surface area contributed by atoms with Gasteiger partial charge in [0.05, 0.1) is 0 Å². The minimum atomic E-state index is 0.211. The van der Waals surface area contributed by atoms with E-state index in [9.17, 15) is 4.79 Å². The van der Waals surface area contributed by atoms with Gasteiger partial charge in [-0.2, -0.15) is 0 Å². The van der Waals surface area contributed by atoms with Crippen LogP contribution in [-0.2, 0) is 4.79 Å². The molecule has 3 heteroatoms. The second-order valence-corrected chi connectivity index (χ2v) is 7.60. The number of hydrogen-bond acceptors (Lipinski definition) is 3. The topological polar surface area (TPSA) is 23.6 Å². The number of rotatable bonds is 9. The van der Waals surface area contributed by atoms with Gasteiger partial charge in [-0.25, -0.2) is 0 Å². The predicted octanol–water partition coefficient (Wildman–Crippen LogP) is 3.29. The Morgan fingerprint density at radius 1 is 1.19 bits per heavy atom. The van der Waals surface area contributed by atoms with Crippen LogP contribution in [0.5, 0.6) is 0 Å². The van der Waals surface area contributed by atoms with Crippen molar-refractivity contribution in [1.82, 2.24) is 9.80 Å². The molecule has 0 radical (unpaired) electrons. The molecule has 0 amide bonds. The summed E-state index contributed by atoms with van der Waals surface area (Å²) in [7, 11) is 4.30. The van der Waals surface area contributed by atoms with Gasteiger partial charge in [0.2, 0.25) is 0 Å². The monoisotopic (exact) mass is 296 g/mol. The molecule has 124 valence electrons. The predicted molar refractivity (Wildman–Crippen MR) is 90.6 cm³/mol. The minimum absolute atomic E-state index is 0.211. The van der Waals surface area contributed by atoms with Crippen molar-refractivity contribution in [3.05, 3.63) is 0 Å². The van der Waals surface area contributed by atoms with Gasteiger partial charge in [0, 0.05) is 18.9 Å². The van der Waals surface area contributed by atoms with E-state index in [0.29, 0.717) is 5.78 Å². The maximum atomic E-state index is 11.7. The van der Waals surface area contributed by atoms with Crippen LogP contribution in [0.25, 0.3) is 0 Å². The summed E-state index contributed by atoms with van der Waals surface area (Å²) in [5.74, 6) is 2.21. The van der Waals surface area contributed by atoms with Gasteiger partial charge in [0.1, 0.15) is 5.78 Å². The van der Waals surface area contributed by atoms with Gasteiger partial charge in [-0.3, -0.25) is 4.79 Å². The van der Waals surface area contributed by atoms with Gasteiger partial charge >= 0.3 is 0 Å². The van der Waals surface area contributed by atoms with Crippen LogP contribution in [0.15, 0.2) is 0 Å². The summed E-state index contributed by atoms with van der Waals surface area (Å²) in [6, 6.07) is 0. The van der Waals surface area contributed by atoms with Crippen molar-refractivity contribution in [3.8, 4) is 0 Å². The lowest BCUT2D eigenvalue weighted by Crippen LogP contribution is -2.37. The molecule has 1 fully saturated rings. The summed E-state index contributed by atoms with van der Waals surface area (Å²) in [6.45, 7) is 11.3. The molecule has 3 nitrogen and oxygen atoms in total. The lowest BCUT2D eigenvalue weighted by molar-refractivity contribution is -0.122.